The quantitative estimate of drug-likeness (QED) is 0.515. The van der Waals surface area contributed by atoms with Crippen LogP contribution in [-0.2, 0) is 11.2 Å². The summed E-state index contributed by atoms with van der Waals surface area (Å²) in [6.07, 6.45) is 6.30. The number of ether oxygens (including phenoxy) is 1. The van der Waals surface area contributed by atoms with E-state index in [0.29, 0.717) is 36.0 Å². The number of anilines is 2. The number of hydrogen-bond donors (Lipinski definition) is 2. The molecule has 1 aliphatic rings. The Labute approximate surface area is 170 Å². The molecule has 2 aromatic heterocycles. The number of nitrogen functional groups attached to an aromatic ring is 1. The average Bonchev–Trinajstić information content (AvgIpc) is 2.80. The summed E-state index contributed by atoms with van der Waals surface area (Å²) < 4.78 is 5.41. The van der Waals surface area contributed by atoms with Crippen LogP contribution < -0.4 is 10.6 Å². The third-order valence-corrected chi connectivity index (χ3v) is 5.06. The molecule has 7 nitrogen and oxygen atoms in total. The molecule has 3 N–H and O–H groups in total. The van der Waals surface area contributed by atoms with Crippen LogP contribution in [0.3, 0.4) is 0 Å². The van der Waals surface area contributed by atoms with Crippen molar-refractivity contribution in [2.75, 3.05) is 36.9 Å². The number of aromatic nitrogens is 3. The van der Waals surface area contributed by atoms with E-state index in [0.717, 1.165) is 42.0 Å². The zero-order valence-electron chi connectivity index (χ0n) is 16.4. The van der Waals surface area contributed by atoms with E-state index in [1.807, 2.05) is 36.7 Å². The van der Waals surface area contributed by atoms with E-state index in [4.69, 9.17) is 15.9 Å². The van der Waals surface area contributed by atoms with Gasteiger partial charge in [0.25, 0.3) is 0 Å². The van der Waals surface area contributed by atoms with Gasteiger partial charge in [0.2, 0.25) is 0 Å². The normalized spacial score (nSPS) is 14.0. The zero-order valence-corrected chi connectivity index (χ0v) is 16.4. The first kappa shape index (κ1) is 19.0. The van der Waals surface area contributed by atoms with Gasteiger partial charge < -0.3 is 15.4 Å². The first-order chi connectivity index (χ1) is 14.2. The molecular formula is C22H24N6O. The smallest absolute Gasteiger partial charge is 0.159 e. The predicted octanol–water partition coefficient (Wildman–Crippen LogP) is 2.94. The Balaban J connectivity index is 1.64. The molecular weight excluding hydrogens is 364 g/mol. The maximum absolute atomic E-state index is 8.75. The molecule has 7 heteroatoms. The van der Waals surface area contributed by atoms with Gasteiger partial charge in [-0.25, -0.2) is 15.0 Å². The first-order valence-electron chi connectivity index (χ1n) is 9.74. The maximum atomic E-state index is 8.75. The Hall–Kier alpha value is -3.32. The van der Waals surface area contributed by atoms with Crippen LogP contribution in [0.2, 0.25) is 0 Å². The second kappa shape index (κ2) is 8.36. The molecule has 0 atom stereocenters. The minimum absolute atomic E-state index is 0.353. The van der Waals surface area contributed by atoms with Crippen molar-refractivity contribution in [2.24, 2.45) is 0 Å². The fourth-order valence-corrected chi connectivity index (χ4v) is 3.29. The highest BCUT2D eigenvalue weighted by Gasteiger charge is 2.16. The third kappa shape index (κ3) is 4.09. The summed E-state index contributed by atoms with van der Waals surface area (Å²) in [5.74, 6) is 1.48. The molecule has 3 aromatic rings. The van der Waals surface area contributed by atoms with Gasteiger partial charge in [-0.1, -0.05) is 6.92 Å². The fourth-order valence-electron chi connectivity index (χ4n) is 3.29. The van der Waals surface area contributed by atoms with Crippen LogP contribution in [-0.4, -0.2) is 47.0 Å². The van der Waals surface area contributed by atoms with Gasteiger partial charge in [-0.3, -0.25) is 5.41 Å². The highest BCUT2D eigenvalue weighted by molar-refractivity contribution is 6.14. The molecule has 4 rings (SSSR count). The molecule has 3 heterocycles. The van der Waals surface area contributed by atoms with E-state index in [-0.39, 0.29) is 0 Å². The number of pyridine rings is 1. The molecule has 0 radical (unpaired) electrons. The number of benzene rings is 1. The monoisotopic (exact) mass is 388 g/mol. The molecule has 0 amide bonds. The highest BCUT2D eigenvalue weighted by atomic mass is 16.5. The third-order valence-electron chi connectivity index (χ3n) is 5.06. The Bertz CT molecular complexity index is 1010. The van der Waals surface area contributed by atoms with Gasteiger partial charge in [0.15, 0.2) is 5.82 Å². The lowest BCUT2D eigenvalue weighted by atomic mass is 9.99. The van der Waals surface area contributed by atoms with Crippen LogP contribution in [0.15, 0.2) is 48.9 Å². The minimum Gasteiger partial charge on any atom is -0.398 e. The molecule has 148 valence electrons. The topological polar surface area (TPSA) is 101 Å². The molecule has 0 unspecified atom stereocenters. The lowest BCUT2D eigenvalue weighted by Gasteiger charge is -2.28. The van der Waals surface area contributed by atoms with Crippen LogP contribution in [0.1, 0.15) is 23.6 Å². The van der Waals surface area contributed by atoms with E-state index in [1.54, 1.807) is 12.3 Å². The van der Waals surface area contributed by atoms with Crippen molar-refractivity contribution in [1.29, 1.82) is 5.41 Å². The Kier molecular flexibility index (Phi) is 5.48. The lowest BCUT2D eigenvalue weighted by Crippen LogP contribution is -2.36. The summed E-state index contributed by atoms with van der Waals surface area (Å²) in [6.45, 7) is 5.05. The summed E-state index contributed by atoms with van der Waals surface area (Å²) in [6, 6.07) is 9.35. The van der Waals surface area contributed by atoms with Gasteiger partial charge in [-0.15, -0.1) is 0 Å². The number of rotatable bonds is 5. The summed E-state index contributed by atoms with van der Waals surface area (Å²) in [7, 11) is 0. The summed E-state index contributed by atoms with van der Waals surface area (Å²) >= 11 is 0. The number of morpholine rings is 1. The Morgan fingerprint density at radius 3 is 2.59 bits per heavy atom. The summed E-state index contributed by atoms with van der Waals surface area (Å²) in [5.41, 5.74) is 10.5. The number of aryl methyl sites for hydroxylation is 1. The standard InChI is InChI=1S/C22H24N6O/c1-2-15-13-26-22(27-14-15)17-3-4-19(23)18(11-17)21(24)16-5-6-25-20(12-16)28-7-9-29-10-8-28/h3-6,11-14,24H,2,7-10,23H2,1H3. The van der Waals surface area contributed by atoms with Gasteiger partial charge >= 0.3 is 0 Å². The summed E-state index contributed by atoms with van der Waals surface area (Å²) in [4.78, 5) is 15.5. The molecule has 1 fully saturated rings. The molecule has 0 aliphatic carbocycles. The Morgan fingerprint density at radius 1 is 1.10 bits per heavy atom. The SMILES string of the molecule is CCc1cnc(-c2ccc(N)c(C(=N)c3ccnc(N4CCOCC4)c3)c2)nc1. The van der Waals surface area contributed by atoms with Crippen molar-refractivity contribution in [2.45, 2.75) is 13.3 Å². The van der Waals surface area contributed by atoms with Crippen molar-refractivity contribution in [3.8, 4) is 11.4 Å². The molecule has 0 bridgehead atoms. The molecule has 1 aromatic carbocycles. The number of hydrogen-bond acceptors (Lipinski definition) is 7. The van der Waals surface area contributed by atoms with Gasteiger partial charge in [0.1, 0.15) is 5.82 Å². The van der Waals surface area contributed by atoms with Crippen LogP contribution >= 0.6 is 0 Å². The van der Waals surface area contributed by atoms with Gasteiger partial charge in [0.05, 0.1) is 18.9 Å². The van der Waals surface area contributed by atoms with Crippen LogP contribution in [0.25, 0.3) is 11.4 Å². The zero-order chi connectivity index (χ0) is 20.2. The van der Waals surface area contributed by atoms with Crippen LogP contribution in [0.4, 0.5) is 11.5 Å². The van der Waals surface area contributed by atoms with Crippen molar-refractivity contribution in [1.82, 2.24) is 15.0 Å². The number of nitrogens with two attached hydrogens (primary N) is 1. The fraction of sp³-hybridized carbons (Fsp3) is 0.273. The van der Waals surface area contributed by atoms with E-state index in [1.165, 1.54) is 0 Å². The van der Waals surface area contributed by atoms with Gasteiger partial charge in [-0.2, -0.15) is 0 Å². The van der Waals surface area contributed by atoms with E-state index in [2.05, 4.69) is 26.8 Å². The van der Waals surface area contributed by atoms with E-state index in [9.17, 15) is 0 Å². The average molecular weight is 388 g/mol. The van der Waals surface area contributed by atoms with Crippen molar-refractivity contribution in [3.05, 3.63) is 65.6 Å². The first-order valence-corrected chi connectivity index (χ1v) is 9.74. The van der Waals surface area contributed by atoms with Gasteiger partial charge in [0, 0.05) is 54.1 Å². The second-order valence-electron chi connectivity index (χ2n) is 6.95. The largest absolute Gasteiger partial charge is 0.398 e. The predicted molar refractivity (Wildman–Crippen MR) is 114 cm³/mol. The van der Waals surface area contributed by atoms with Crippen LogP contribution in [0, 0.1) is 5.41 Å². The maximum Gasteiger partial charge on any atom is 0.159 e. The van der Waals surface area contributed by atoms with Crippen molar-refractivity contribution in [3.63, 3.8) is 0 Å². The number of nitrogens with one attached hydrogen (secondary N) is 1. The van der Waals surface area contributed by atoms with Crippen molar-refractivity contribution < 1.29 is 4.74 Å². The summed E-state index contributed by atoms with van der Waals surface area (Å²) in [5, 5.41) is 8.75. The second-order valence-corrected chi connectivity index (χ2v) is 6.95. The van der Waals surface area contributed by atoms with E-state index < -0.39 is 0 Å². The Morgan fingerprint density at radius 2 is 1.86 bits per heavy atom. The molecule has 1 saturated heterocycles. The molecule has 29 heavy (non-hydrogen) atoms. The highest BCUT2D eigenvalue weighted by Crippen LogP contribution is 2.25. The number of nitrogens with zero attached hydrogens (tertiary/aromatic N) is 4. The molecule has 0 spiro atoms. The lowest BCUT2D eigenvalue weighted by molar-refractivity contribution is 0.122. The van der Waals surface area contributed by atoms with Gasteiger partial charge in [-0.05, 0) is 42.3 Å². The van der Waals surface area contributed by atoms with Crippen molar-refractivity contribution >= 4 is 17.2 Å². The van der Waals surface area contributed by atoms with E-state index >= 15 is 0 Å². The van der Waals surface area contributed by atoms with Crippen LogP contribution in [0.5, 0.6) is 0 Å². The molecule has 1 aliphatic heterocycles. The minimum atomic E-state index is 0.353. The molecule has 0 saturated carbocycles.